The minimum Gasteiger partial charge on any atom is -0.496 e. The first-order chi connectivity index (χ1) is 9.67. The largest absolute Gasteiger partial charge is 0.496 e. The number of hydrogen-bond donors (Lipinski definition) is 0. The summed E-state index contributed by atoms with van der Waals surface area (Å²) in [7, 11) is 1.74. The van der Waals surface area contributed by atoms with E-state index in [4.69, 9.17) is 4.74 Å². The molecular formula is C16H25BrN2O. The van der Waals surface area contributed by atoms with Gasteiger partial charge >= 0.3 is 0 Å². The number of rotatable bonds is 4. The molecule has 0 radical (unpaired) electrons. The predicted molar refractivity (Wildman–Crippen MR) is 86.7 cm³/mol. The average molecular weight is 341 g/mol. The molecule has 1 aromatic heterocycles. The van der Waals surface area contributed by atoms with E-state index in [0.717, 1.165) is 28.9 Å². The van der Waals surface area contributed by atoms with E-state index in [9.17, 15) is 0 Å². The molecule has 1 unspecified atom stereocenters. The van der Waals surface area contributed by atoms with Crippen LogP contribution in [0.25, 0.3) is 0 Å². The lowest BCUT2D eigenvalue weighted by Gasteiger charge is -2.29. The maximum Gasteiger partial charge on any atom is 0.128 e. The van der Waals surface area contributed by atoms with Crippen LogP contribution in [0.1, 0.15) is 42.5 Å². The van der Waals surface area contributed by atoms with E-state index < -0.39 is 0 Å². The molecule has 1 aromatic rings. The second-order valence-electron chi connectivity index (χ2n) is 5.67. The topological polar surface area (TPSA) is 25.4 Å². The molecule has 1 fully saturated rings. The number of likely N-dealkylation sites (tertiary alicyclic amines) is 1. The van der Waals surface area contributed by atoms with Crippen LogP contribution in [-0.2, 0) is 6.54 Å². The molecule has 0 saturated carbocycles. The lowest BCUT2D eigenvalue weighted by molar-refractivity contribution is 0.206. The summed E-state index contributed by atoms with van der Waals surface area (Å²) in [5.74, 6) is 0.986. The highest BCUT2D eigenvalue weighted by molar-refractivity contribution is 9.09. The molecule has 4 heteroatoms. The number of alkyl halides is 1. The Labute approximate surface area is 130 Å². The summed E-state index contributed by atoms with van der Waals surface area (Å²) in [6.45, 7) is 6.28. The molecule has 1 aliphatic rings. The van der Waals surface area contributed by atoms with Gasteiger partial charge in [0.15, 0.2) is 0 Å². The summed E-state index contributed by atoms with van der Waals surface area (Å²) in [5.41, 5.74) is 3.45. The van der Waals surface area contributed by atoms with Gasteiger partial charge < -0.3 is 4.74 Å². The zero-order valence-corrected chi connectivity index (χ0v) is 14.4. The quantitative estimate of drug-likeness (QED) is 0.778. The van der Waals surface area contributed by atoms with Crippen molar-refractivity contribution in [3.8, 4) is 5.75 Å². The molecular weight excluding hydrogens is 316 g/mol. The van der Waals surface area contributed by atoms with Gasteiger partial charge in [-0.25, -0.2) is 0 Å². The Kier molecular flexibility index (Phi) is 5.85. The molecule has 112 valence electrons. The summed E-state index contributed by atoms with van der Waals surface area (Å²) in [5, 5.41) is 1.05. The van der Waals surface area contributed by atoms with Crippen molar-refractivity contribution in [2.24, 2.45) is 0 Å². The normalized spacial score (nSPS) is 20.7. The number of aryl methyl sites for hydroxylation is 1. The summed E-state index contributed by atoms with van der Waals surface area (Å²) >= 11 is 3.67. The molecule has 0 spiro atoms. The van der Waals surface area contributed by atoms with E-state index in [1.54, 1.807) is 7.11 Å². The van der Waals surface area contributed by atoms with Crippen LogP contribution in [0.2, 0.25) is 0 Å². The van der Waals surface area contributed by atoms with Gasteiger partial charge in [0.05, 0.1) is 12.8 Å². The highest BCUT2D eigenvalue weighted by Crippen LogP contribution is 2.27. The van der Waals surface area contributed by atoms with Crippen LogP contribution in [0, 0.1) is 13.8 Å². The first-order valence-corrected chi connectivity index (χ1v) is 8.58. The van der Waals surface area contributed by atoms with Crippen LogP contribution < -0.4 is 4.74 Å². The monoisotopic (exact) mass is 340 g/mol. The second-order valence-corrected chi connectivity index (χ2v) is 6.32. The maximum atomic E-state index is 5.52. The summed E-state index contributed by atoms with van der Waals surface area (Å²) in [4.78, 5) is 7.22. The van der Waals surface area contributed by atoms with E-state index in [1.165, 1.54) is 37.8 Å². The number of methoxy groups -OCH3 is 1. The zero-order chi connectivity index (χ0) is 14.5. The fourth-order valence-corrected chi connectivity index (χ4v) is 3.78. The average Bonchev–Trinajstić information content (AvgIpc) is 2.67. The van der Waals surface area contributed by atoms with Crippen LogP contribution in [0.5, 0.6) is 5.75 Å². The van der Waals surface area contributed by atoms with Gasteiger partial charge in [-0.2, -0.15) is 0 Å². The van der Waals surface area contributed by atoms with E-state index in [0.29, 0.717) is 6.04 Å². The summed E-state index contributed by atoms with van der Waals surface area (Å²) < 4.78 is 5.52. The number of ether oxygens (including phenoxy) is 1. The van der Waals surface area contributed by atoms with Crippen LogP contribution in [0.15, 0.2) is 6.20 Å². The Bertz CT molecular complexity index is 450. The molecule has 0 aromatic carbocycles. The Morgan fingerprint density at radius 2 is 2.15 bits per heavy atom. The minimum atomic E-state index is 0.631. The number of pyridine rings is 1. The standard InChI is InChI=1S/C16H25BrN2O/c1-12-10-18-15(13(2)16(12)20-3)11-19-8-6-4-5-7-14(19)9-17/h10,14H,4-9,11H2,1-3H3. The van der Waals surface area contributed by atoms with Crippen molar-refractivity contribution in [3.63, 3.8) is 0 Å². The molecule has 0 N–H and O–H groups in total. The Morgan fingerprint density at radius 1 is 1.35 bits per heavy atom. The van der Waals surface area contributed by atoms with Gasteiger partial charge in [0.1, 0.15) is 5.75 Å². The molecule has 20 heavy (non-hydrogen) atoms. The Balaban J connectivity index is 2.19. The number of nitrogens with zero attached hydrogens (tertiary/aromatic N) is 2. The van der Waals surface area contributed by atoms with Gasteiger partial charge in [-0.05, 0) is 33.2 Å². The van der Waals surface area contributed by atoms with Crippen molar-refractivity contribution >= 4 is 15.9 Å². The fourth-order valence-electron chi connectivity index (χ4n) is 3.04. The van der Waals surface area contributed by atoms with E-state index in [1.807, 2.05) is 6.20 Å². The van der Waals surface area contributed by atoms with Crippen LogP contribution in [0.4, 0.5) is 0 Å². The number of aromatic nitrogens is 1. The molecule has 0 amide bonds. The van der Waals surface area contributed by atoms with Gasteiger partial charge in [-0.15, -0.1) is 0 Å². The number of halogens is 1. The van der Waals surface area contributed by atoms with Crippen LogP contribution in [-0.4, -0.2) is 34.9 Å². The molecule has 0 bridgehead atoms. The Hall–Kier alpha value is -0.610. The fraction of sp³-hybridized carbons (Fsp3) is 0.688. The van der Waals surface area contributed by atoms with Crippen molar-refractivity contribution in [2.75, 3.05) is 19.0 Å². The van der Waals surface area contributed by atoms with Gasteiger partial charge in [0, 0.05) is 35.2 Å². The lowest BCUT2D eigenvalue weighted by Crippen LogP contribution is -2.36. The van der Waals surface area contributed by atoms with Crippen molar-refractivity contribution in [1.29, 1.82) is 0 Å². The number of hydrogen-bond acceptors (Lipinski definition) is 3. The van der Waals surface area contributed by atoms with E-state index in [-0.39, 0.29) is 0 Å². The second kappa shape index (κ2) is 7.41. The summed E-state index contributed by atoms with van der Waals surface area (Å²) in [6, 6.07) is 0.631. The molecule has 2 rings (SSSR count). The Morgan fingerprint density at radius 3 is 2.85 bits per heavy atom. The first kappa shape index (κ1) is 15.8. The molecule has 1 saturated heterocycles. The summed E-state index contributed by atoms with van der Waals surface area (Å²) in [6.07, 6.45) is 7.21. The third-order valence-corrected chi connectivity index (χ3v) is 5.03. The van der Waals surface area contributed by atoms with Crippen molar-refractivity contribution in [1.82, 2.24) is 9.88 Å². The molecule has 0 aliphatic carbocycles. The van der Waals surface area contributed by atoms with Crippen LogP contribution in [0.3, 0.4) is 0 Å². The van der Waals surface area contributed by atoms with Gasteiger partial charge in [-0.1, -0.05) is 28.8 Å². The predicted octanol–water partition coefficient (Wildman–Crippen LogP) is 3.85. The molecule has 1 aliphatic heterocycles. The third-order valence-electron chi connectivity index (χ3n) is 4.28. The highest BCUT2D eigenvalue weighted by Gasteiger charge is 2.22. The molecule has 3 nitrogen and oxygen atoms in total. The van der Waals surface area contributed by atoms with Gasteiger partial charge in [0.25, 0.3) is 0 Å². The SMILES string of the molecule is COc1c(C)cnc(CN2CCCCCC2CBr)c1C. The molecule has 2 heterocycles. The van der Waals surface area contributed by atoms with Crippen LogP contribution >= 0.6 is 15.9 Å². The van der Waals surface area contributed by atoms with E-state index in [2.05, 4.69) is 39.7 Å². The third kappa shape index (κ3) is 3.53. The maximum absolute atomic E-state index is 5.52. The van der Waals surface area contributed by atoms with E-state index >= 15 is 0 Å². The van der Waals surface area contributed by atoms with Crippen molar-refractivity contribution < 1.29 is 4.74 Å². The van der Waals surface area contributed by atoms with Gasteiger partial charge in [0.2, 0.25) is 0 Å². The van der Waals surface area contributed by atoms with Crippen molar-refractivity contribution in [3.05, 3.63) is 23.0 Å². The first-order valence-electron chi connectivity index (χ1n) is 7.46. The zero-order valence-electron chi connectivity index (χ0n) is 12.8. The van der Waals surface area contributed by atoms with Gasteiger partial charge in [-0.3, -0.25) is 9.88 Å². The smallest absolute Gasteiger partial charge is 0.128 e. The lowest BCUT2D eigenvalue weighted by atomic mass is 10.1. The minimum absolute atomic E-state index is 0.631. The molecule has 1 atom stereocenters. The van der Waals surface area contributed by atoms with Crippen molar-refractivity contribution in [2.45, 2.75) is 52.1 Å². The highest BCUT2D eigenvalue weighted by atomic mass is 79.9.